The normalized spacial score (nSPS) is 17.2. The second-order valence-corrected chi connectivity index (χ2v) is 11.4. The zero-order valence-electron chi connectivity index (χ0n) is 16.4. The zero-order valence-corrected chi connectivity index (χ0v) is 19.6. The van der Waals surface area contributed by atoms with Crippen LogP contribution in [-0.4, -0.2) is 50.3 Å². The van der Waals surface area contributed by atoms with Crippen LogP contribution in [0.3, 0.4) is 0 Å². The Morgan fingerprint density at radius 3 is 2.74 bits per heavy atom. The van der Waals surface area contributed by atoms with Crippen LogP contribution >= 0.6 is 34.3 Å². The Morgan fingerprint density at radius 1 is 1.29 bits per heavy atom. The first-order chi connectivity index (χ1) is 14.7. The Morgan fingerprint density at radius 2 is 2.06 bits per heavy atom. The molecular weight excluding hydrogens is 486 g/mol. The van der Waals surface area contributed by atoms with Crippen LogP contribution in [0.15, 0.2) is 27.8 Å². The van der Waals surface area contributed by atoms with Gasteiger partial charge in [-0.2, -0.15) is 4.31 Å². The molecule has 2 N–H and O–H groups in total. The van der Waals surface area contributed by atoms with E-state index >= 15 is 0 Å². The number of sulfonamides is 1. The second kappa shape index (κ2) is 10.1. The van der Waals surface area contributed by atoms with Crippen molar-refractivity contribution in [1.82, 2.24) is 9.62 Å². The molecule has 13 heteroatoms. The molecule has 0 aromatic carbocycles. The van der Waals surface area contributed by atoms with E-state index in [1.807, 2.05) is 0 Å². The van der Waals surface area contributed by atoms with E-state index in [1.54, 1.807) is 12.3 Å². The molecule has 0 radical (unpaired) electrons. The van der Waals surface area contributed by atoms with E-state index in [4.69, 9.17) is 11.6 Å². The topological polar surface area (TPSA) is 122 Å². The Balaban J connectivity index is 1.67. The van der Waals surface area contributed by atoms with Gasteiger partial charge in [0.15, 0.2) is 0 Å². The molecule has 1 saturated heterocycles. The first kappa shape index (κ1) is 23.7. The first-order valence-corrected chi connectivity index (χ1v) is 12.9. The quantitative estimate of drug-likeness (QED) is 0.620. The van der Waals surface area contributed by atoms with Gasteiger partial charge in [0.05, 0.1) is 22.4 Å². The van der Waals surface area contributed by atoms with Crippen LogP contribution in [0, 0.1) is 5.92 Å². The fraction of sp³-hybridized carbons (Fsp3) is 0.389. The lowest BCUT2D eigenvalue weighted by Crippen LogP contribution is -2.43. The van der Waals surface area contributed by atoms with Gasteiger partial charge in [0.1, 0.15) is 9.21 Å². The van der Waals surface area contributed by atoms with Crippen LogP contribution in [-0.2, 0) is 19.6 Å². The number of alkyl carbamates (subject to hydrolysis) is 1. The SMILES string of the molecule is CCOC(=O)NC(=O)c1ccsc1NC(=O)C1CCCN(S(=O)(=O)c2ccc(Cl)s2)C1. The van der Waals surface area contributed by atoms with Gasteiger partial charge in [-0.15, -0.1) is 22.7 Å². The predicted molar refractivity (Wildman–Crippen MR) is 118 cm³/mol. The van der Waals surface area contributed by atoms with Crippen LogP contribution in [0.2, 0.25) is 4.34 Å². The van der Waals surface area contributed by atoms with Crippen LogP contribution in [0.1, 0.15) is 30.1 Å². The van der Waals surface area contributed by atoms with Crippen LogP contribution in [0.25, 0.3) is 0 Å². The van der Waals surface area contributed by atoms with Gasteiger partial charge in [-0.05, 0) is 43.3 Å². The molecule has 2 aromatic rings. The van der Waals surface area contributed by atoms with Crippen molar-refractivity contribution in [2.75, 3.05) is 25.0 Å². The molecule has 3 rings (SSSR count). The van der Waals surface area contributed by atoms with Crippen molar-refractivity contribution in [3.05, 3.63) is 33.5 Å². The minimum atomic E-state index is -3.74. The Hall–Kier alpha value is -1.99. The zero-order chi connectivity index (χ0) is 22.6. The summed E-state index contributed by atoms with van der Waals surface area (Å²) in [6, 6.07) is 4.45. The maximum absolute atomic E-state index is 12.8. The number of hydrogen-bond acceptors (Lipinski definition) is 8. The number of nitrogens with zero attached hydrogens (tertiary/aromatic N) is 1. The molecule has 3 heterocycles. The number of amides is 3. The first-order valence-electron chi connectivity index (χ1n) is 9.34. The standard InChI is InChI=1S/C18H20ClN3O6S3/c1-2-28-18(25)21-16(24)12-7-9-29-17(12)20-15(23)11-4-3-8-22(10-11)31(26,27)14-6-5-13(19)30-14/h5-7,9,11H,2-4,8,10H2,1H3,(H,20,23)(H,21,24,25). The third kappa shape index (κ3) is 5.63. The molecule has 2 aromatic heterocycles. The fourth-order valence-electron chi connectivity index (χ4n) is 3.06. The number of thiophene rings is 2. The minimum absolute atomic E-state index is 0.0272. The lowest BCUT2D eigenvalue weighted by Gasteiger charge is -2.30. The average Bonchev–Trinajstić information content (AvgIpc) is 3.37. The minimum Gasteiger partial charge on any atom is -0.450 e. The molecule has 1 aliphatic heterocycles. The van der Waals surface area contributed by atoms with E-state index in [0.29, 0.717) is 23.7 Å². The van der Waals surface area contributed by atoms with Gasteiger partial charge in [-0.25, -0.2) is 13.2 Å². The molecular formula is C18H20ClN3O6S3. The van der Waals surface area contributed by atoms with Gasteiger partial charge in [0, 0.05) is 13.1 Å². The highest BCUT2D eigenvalue weighted by atomic mass is 35.5. The number of nitrogens with one attached hydrogen (secondary N) is 2. The second-order valence-electron chi connectivity index (χ2n) is 6.59. The number of hydrogen-bond donors (Lipinski definition) is 2. The molecule has 0 aliphatic carbocycles. The molecule has 3 amide bonds. The molecule has 0 spiro atoms. The Kier molecular flexibility index (Phi) is 7.70. The summed E-state index contributed by atoms with van der Waals surface area (Å²) in [4.78, 5) is 36.5. The number of ether oxygens (including phenoxy) is 1. The maximum Gasteiger partial charge on any atom is 0.414 e. The van der Waals surface area contributed by atoms with E-state index < -0.39 is 33.8 Å². The molecule has 0 bridgehead atoms. The number of imide groups is 1. The maximum atomic E-state index is 12.8. The largest absolute Gasteiger partial charge is 0.450 e. The number of anilines is 1. The number of piperidine rings is 1. The highest BCUT2D eigenvalue weighted by Crippen LogP contribution is 2.31. The number of carbonyl (C=O) groups is 3. The van der Waals surface area contributed by atoms with Crippen molar-refractivity contribution in [3.8, 4) is 0 Å². The molecule has 1 atom stereocenters. The van der Waals surface area contributed by atoms with Crippen molar-refractivity contribution in [2.45, 2.75) is 24.0 Å². The monoisotopic (exact) mass is 505 g/mol. The fourth-order valence-corrected chi connectivity index (χ4v) is 7.01. The summed E-state index contributed by atoms with van der Waals surface area (Å²) in [5.74, 6) is -1.67. The van der Waals surface area contributed by atoms with E-state index in [0.717, 1.165) is 22.7 Å². The number of carbonyl (C=O) groups excluding carboxylic acids is 3. The summed E-state index contributed by atoms with van der Waals surface area (Å²) in [5.41, 5.74) is 0.125. The average molecular weight is 506 g/mol. The lowest BCUT2D eigenvalue weighted by atomic mass is 9.99. The molecule has 168 valence electrons. The van der Waals surface area contributed by atoms with Gasteiger partial charge in [0.25, 0.3) is 15.9 Å². The molecule has 9 nitrogen and oxygen atoms in total. The van der Waals surface area contributed by atoms with Gasteiger partial charge in [0.2, 0.25) is 5.91 Å². The summed E-state index contributed by atoms with van der Waals surface area (Å²) >= 11 is 7.96. The van der Waals surface area contributed by atoms with Crippen molar-refractivity contribution in [2.24, 2.45) is 5.92 Å². The summed E-state index contributed by atoms with van der Waals surface area (Å²) in [6.45, 7) is 2.07. The number of rotatable bonds is 6. The number of halogens is 1. The lowest BCUT2D eigenvalue weighted by molar-refractivity contribution is -0.120. The van der Waals surface area contributed by atoms with Gasteiger partial charge < -0.3 is 10.1 Å². The van der Waals surface area contributed by atoms with E-state index in [1.165, 1.54) is 22.5 Å². The molecule has 1 aliphatic rings. The van der Waals surface area contributed by atoms with Crippen molar-refractivity contribution >= 4 is 67.2 Å². The molecule has 1 fully saturated rings. The van der Waals surface area contributed by atoms with Crippen LogP contribution < -0.4 is 10.6 Å². The summed E-state index contributed by atoms with van der Waals surface area (Å²) < 4.78 is 32.1. The van der Waals surface area contributed by atoms with Crippen molar-refractivity contribution < 1.29 is 27.5 Å². The van der Waals surface area contributed by atoms with E-state index in [-0.39, 0.29) is 27.9 Å². The van der Waals surface area contributed by atoms with Crippen LogP contribution in [0.5, 0.6) is 0 Å². The van der Waals surface area contributed by atoms with Crippen LogP contribution in [0.4, 0.5) is 9.80 Å². The van der Waals surface area contributed by atoms with E-state index in [9.17, 15) is 22.8 Å². The third-order valence-corrected chi connectivity index (χ3v) is 8.93. The van der Waals surface area contributed by atoms with Gasteiger partial charge in [-0.1, -0.05) is 11.6 Å². The smallest absolute Gasteiger partial charge is 0.414 e. The predicted octanol–water partition coefficient (Wildman–Crippen LogP) is 3.39. The summed E-state index contributed by atoms with van der Waals surface area (Å²) in [7, 11) is -3.74. The van der Waals surface area contributed by atoms with Crippen molar-refractivity contribution in [1.29, 1.82) is 0 Å². The van der Waals surface area contributed by atoms with Gasteiger partial charge in [-0.3, -0.25) is 14.9 Å². The van der Waals surface area contributed by atoms with Crippen molar-refractivity contribution in [3.63, 3.8) is 0 Å². The molecule has 31 heavy (non-hydrogen) atoms. The van der Waals surface area contributed by atoms with Gasteiger partial charge >= 0.3 is 6.09 Å². The highest BCUT2D eigenvalue weighted by Gasteiger charge is 2.34. The molecule has 1 unspecified atom stereocenters. The Bertz CT molecular complexity index is 1080. The summed E-state index contributed by atoms with van der Waals surface area (Å²) in [6.07, 6.45) is 0.160. The highest BCUT2D eigenvalue weighted by molar-refractivity contribution is 7.91. The Labute approximate surface area is 192 Å². The summed E-state index contributed by atoms with van der Waals surface area (Å²) in [5, 5.41) is 6.65. The molecule has 0 saturated carbocycles. The van der Waals surface area contributed by atoms with E-state index in [2.05, 4.69) is 15.4 Å². The third-order valence-electron chi connectivity index (χ3n) is 4.54.